The Morgan fingerprint density at radius 3 is 2.61 bits per heavy atom. The Kier molecular flexibility index (Phi) is 7.91. The Labute approximate surface area is 222 Å². The molecule has 1 aliphatic rings. The Balaban J connectivity index is 1.73. The summed E-state index contributed by atoms with van der Waals surface area (Å²) in [5, 5.41) is 11.2. The fraction of sp³-hybridized carbons (Fsp3) is 0.250. The monoisotopic (exact) mass is 569 g/mol. The van der Waals surface area contributed by atoms with Crippen molar-refractivity contribution in [3.8, 4) is 5.75 Å². The number of fused-ring (bicyclic) bond motifs is 2. The molecule has 0 unspecified atom stereocenters. The highest BCUT2D eigenvalue weighted by Crippen LogP contribution is 2.41. The molecule has 8 nitrogen and oxygen atoms in total. The largest absolute Gasteiger partial charge is 0.477 e. The van der Waals surface area contributed by atoms with Gasteiger partial charge in [-0.3, -0.25) is 4.55 Å². The first kappa shape index (κ1) is 26.4. The van der Waals surface area contributed by atoms with Crippen LogP contribution >= 0.6 is 34.5 Å². The summed E-state index contributed by atoms with van der Waals surface area (Å²) < 4.78 is 40.3. The van der Waals surface area contributed by atoms with Gasteiger partial charge in [-0.1, -0.05) is 41.5 Å². The summed E-state index contributed by atoms with van der Waals surface area (Å²) >= 11 is 13.8. The van der Waals surface area contributed by atoms with E-state index in [-0.39, 0.29) is 25.3 Å². The molecular weight excluding hydrogens is 547 g/mol. The topological polar surface area (TPSA) is 108 Å². The molecule has 0 atom stereocenters. The lowest BCUT2D eigenvalue weighted by atomic mass is 10.2. The first-order chi connectivity index (χ1) is 17.0. The molecule has 0 amide bonds. The van der Waals surface area contributed by atoms with Gasteiger partial charge in [0.1, 0.15) is 4.70 Å². The van der Waals surface area contributed by atoms with Crippen molar-refractivity contribution >= 4 is 72.6 Å². The summed E-state index contributed by atoms with van der Waals surface area (Å²) in [6.07, 6.45) is 4.53. The zero-order valence-corrected chi connectivity index (χ0v) is 22.3. The number of nitrogens with zero attached hydrogens (tertiary/aromatic N) is 2. The van der Waals surface area contributed by atoms with Crippen LogP contribution in [0.25, 0.3) is 16.3 Å². The third-order valence-electron chi connectivity index (χ3n) is 5.49. The third-order valence-corrected chi connectivity index (χ3v) is 7.88. The molecule has 190 valence electrons. The maximum Gasteiger partial charge on any atom is 0.370 e. The van der Waals surface area contributed by atoms with Crippen molar-refractivity contribution in [3.05, 3.63) is 69.0 Å². The van der Waals surface area contributed by atoms with Gasteiger partial charge in [0, 0.05) is 34.8 Å². The van der Waals surface area contributed by atoms with Crippen LogP contribution in [0.15, 0.2) is 53.9 Å². The fourth-order valence-corrected chi connectivity index (χ4v) is 5.81. The number of aromatic nitrogens is 1. The second-order valence-electron chi connectivity index (χ2n) is 8.09. The zero-order chi connectivity index (χ0) is 26.0. The molecule has 4 rings (SSSR count). The number of carboxylic acids is 1. The molecular formula is C24H23Cl2N2O6S2+. The van der Waals surface area contributed by atoms with Crippen LogP contribution in [0.4, 0.5) is 5.69 Å². The van der Waals surface area contributed by atoms with Crippen LogP contribution in [0.5, 0.6) is 5.75 Å². The molecule has 3 aromatic rings. The molecule has 0 aliphatic carbocycles. The Bertz CT molecular complexity index is 1500. The zero-order valence-electron chi connectivity index (χ0n) is 19.1. The van der Waals surface area contributed by atoms with Crippen molar-refractivity contribution in [1.29, 1.82) is 0 Å². The maximum absolute atomic E-state index is 11.6. The summed E-state index contributed by atoms with van der Waals surface area (Å²) in [6, 6.07) is 10.5. The number of anilines is 1. The molecule has 2 N–H and O–H groups in total. The molecule has 1 aliphatic heterocycles. The van der Waals surface area contributed by atoms with Crippen LogP contribution in [0.2, 0.25) is 10.0 Å². The van der Waals surface area contributed by atoms with Gasteiger partial charge in [-0.2, -0.15) is 13.0 Å². The SMILES string of the molecule is CCC(=Cc1sc2ccc(Cl)cc2[n+]1CC(=O)O)C=C1Oc2ccc(Cl)cc2N1CCCS(=O)(=O)O. The summed E-state index contributed by atoms with van der Waals surface area (Å²) in [7, 11) is -4.10. The number of hydrogen-bond donors (Lipinski definition) is 2. The number of benzene rings is 2. The molecule has 0 fully saturated rings. The van der Waals surface area contributed by atoms with E-state index in [1.54, 1.807) is 34.9 Å². The second-order valence-corrected chi connectivity index (χ2v) is 11.6. The molecule has 2 heterocycles. The lowest BCUT2D eigenvalue weighted by Gasteiger charge is -2.18. The highest BCUT2D eigenvalue weighted by molar-refractivity contribution is 7.85. The van der Waals surface area contributed by atoms with Crippen LogP contribution in [0, 0.1) is 0 Å². The Hall–Kier alpha value is -2.63. The molecule has 2 aromatic carbocycles. The summed E-state index contributed by atoms with van der Waals surface area (Å²) in [4.78, 5) is 13.4. The number of allylic oxidation sites excluding steroid dienone is 2. The van der Waals surface area contributed by atoms with Crippen LogP contribution in [0.3, 0.4) is 0 Å². The quantitative estimate of drug-likeness (QED) is 0.262. The van der Waals surface area contributed by atoms with Crippen molar-refractivity contribution in [2.24, 2.45) is 0 Å². The average Bonchev–Trinajstić information content (AvgIpc) is 3.29. The first-order valence-electron chi connectivity index (χ1n) is 11.0. The van der Waals surface area contributed by atoms with Gasteiger partial charge in [-0.05, 0) is 48.7 Å². The van der Waals surface area contributed by atoms with E-state index in [4.69, 9.17) is 32.5 Å². The van der Waals surface area contributed by atoms with Gasteiger partial charge < -0.3 is 14.7 Å². The molecule has 0 saturated heterocycles. The average molecular weight is 570 g/mol. The van der Waals surface area contributed by atoms with Gasteiger partial charge >= 0.3 is 5.97 Å². The van der Waals surface area contributed by atoms with E-state index in [2.05, 4.69) is 0 Å². The standard InChI is InChI=1S/C24H22Cl2N2O6S2/c1-2-15(11-23-28(14-24(29)30)19-13-17(26)5-7-21(19)35-23)10-22-27(8-3-9-36(31,32)33)18-12-16(25)4-6-20(18)34-22/h4-7,10-13H,2-3,8-9,14H2,1H3,(H-,29,30,31,32,33)/p+1. The smallest absolute Gasteiger partial charge is 0.370 e. The van der Waals surface area contributed by atoms with Gasteiger partial charge in [0.25, 0.3) is 15.1 Å². The molecule has 36 heavy (non-hydrogen) atoms. The molecule has 0 bridgehead atoms. The van der Waals surface area contributed by atoms with Crippen molar-refractivity contribution in [3.63, 3.8) is 0 Å². The minimum absolute atomic E-state index is 0.173. The Morgan fingerprint density at radius 1 is 1.19 bits per heavy atom. The van der Waals surface area contributed by atoms with Crippen LogP contribution < -0.4 is 14.2 Å². The summed E-state index contributed by atoms with van der Waals surface area (Å²) in [6.45, 7) is 2.02. The molecule has 12 heteroatoms. The lowest BCUT2D eigenvalue weighted by Crippen LogP contribution is -2.39. The summed E-state index contributed by atoms with van der Waals surface area (Å²) in [5.41, 5.74) is 2.28. The first-order valence-corrected chi connectivity index (χ1v) is 14.2. The van der Waals surface area contributed by atoms with Gasteiger partial charge in [0.15, 0.2) is 5.75 Å². The highest BCUT2D eigenvalue weighted by atomic mass is 35.5. The number of carbonyl (C=O) groups is 1. The number of halogens is 2. The predicted molar refractivity (Wildman–Crippen MR) is 141 cm³/mol. The minimum Gasteiger partial charge on any atom is -0.477 e. The van der Waals surface area contributed by atoms with Crippen LogP contribution in [0.1, 0.15) is 24.8 Å². The second kappa shape index (κ2) is 10.8. The normalized spacial score (nSPS) is 14.9. The van der Waals surface area contributed by atoms with Crippen molar-refractivity contribution < 1.29 is 32.2 Å². The van der Waals surface area contributed by atoms with Crippen LogP contribution in [-0.2, 0) is 21.5 Å². The van der Waals surface area contributed by atoms with E-state index in [0.717, 1.165) is 20.8 Å². The van der Waals surface area contributed by atoms with E-state index >= 15 is 0 Å². The van der Waals surface area contributed by atoms with E-state index in [1.165, 1.54) is 11.3 Å². The molecule has 0 spiro atoms. The van der Waals surface area contributed by atoms with E-state index in [9.17, 15) is 18.3 Å². The molecule has 0 radical (unpaired) electrons. The van der Waals surface area contributed by atoms with Gasteiger partial charge in [-0.15, -0.1) is 0 Å². The van der Waals surface area contributed by atoms with Gasteiger partial charge in [0.2, 0.25) is 17.9 Å². The van der Waals surface area contributed by atoms with Crippen molar-refractivity contribution in [2.45, 2.75) is 26.3 Å². The number of aliphatic carboxylic acids is 1. The van der Waals surface area contributed by atoms with Crippen molar-refractivity contribution in [1.82, 2.24) is 0 Å². The predicted octanol–water partition coefficient (Wildman–Crippen LogP) is 5.39. The maximum atomic E-state index is 11.6. The van der Waals surface area contributed by atoms with Gasteiger partial charge in [-0.25, -0.2) is 4.79 Å². The minimum atomic E-state index is -4.10. The molecule has 1 aromatic heterocycles. The van der Waals surface area contributed by atoms with Gasteiger partial charge in [0.05, 0.1) is 11.4 Å². The number of thiazole rings is 1. The summed E-state index contributed by atoms with van der Waals surface area (Å²) in [5.74, 6) is -0.305. The number of ether oxygens (including phenoxy) is 1. The fourth-order valence-electron chi connectivity index (χ4n) is 3.86. The van der Waals surface area contributed by atoms with E-state index < -0.39 is 16.1 Å². The van der Waals surface area contributed by atoms with Crippen LogP contribution in [-0.4, -0.2) is 36.3 Å². The number of carboxylic acid groups (broad SMARTS) is 1. The highest BCUT2D eigenvalue weighted by Gasteiger charge is 2.28. The van der Waals surface area contributed by atoms with E-state index in [1.807, 2.05) is 30.0 Å². The number of hydrogen-bond acceptors (Lipinski definition) is 6. The third kappa shape index (κ3) is 6.19. The lowest BCUT2D eigenvalue weighted by molar-refractivity contribution is -0.657. The van der Waals surface area contributed by atoms with E-state index in [0.29, 0.717) is 33.8 Å². The van der Waals surface area contributed by atoms with Crippen molar-refractivity contribution in [2.75, 3.05) is 17.2 Å². The number of rotatable bonds is 9. The Morgan fingerprint density at radius 2 is 1.92 bits per heavy atom. The molecule has 0 saturated carbocycles.